The molecule has 0 N–H and O–H groups in total. The molecule has 0 aliphatic rings. The molecule has 5 nitrogen and oxygen atoms in total. The number of alkyl halides is 3. The van der Waals surface area contributed by atoms with Crippen molar-refractivity contribution in [3.05, 3.63) is 53.4 Å². The summed E-state index contributed by atoms with van der Waals surface area (Å²) in [5, 5.41) is 3.92. The maximum atomic E-state index is 12.2. The molecule has 0 fully saturated rings. The van der Waals surface area contributed by atoms with Crippen molar-refractivity contribution in [3.8, 4) is 5.75 Å². The van der Waals surface area contributed by atoms with Crippen LogP contribution in [0, 0.1) is 0 Å². The zero-order valence-electron chi connectivity index (χ0n) is 13.7. The van der Waals surface area contributed by atoms with Crippen LogP contribution in [-0.2, 0) is 18.4 Å². The zero-order chi connectivity index (χ0) is 18.4. The third-order valence-electron chi connectivity index (χ3n) is 3.24. The first-order valence-electron chi connectivity index (χ1n) is 7.31. The summed E-state index contributed by atoms with van der Waals surface area (Å²) in [6.07, 6.45) is 1.61. The van der Waals surface area contributed by atoms with E-state index in [0.29, 0.717) is 22.4 Å². The second-order valence-corrected chi connectivity index (χ2v) is 5.28. The van der Waals surface area contributed by atoms with Crippen LogP contribution in [0.5, 0.6) is 5.75 Å². The van der Waals surface area contributed by atoms with Crippen LogP contribution in [0.25, 0.3) is 6.08 Å². The van der Waals surface area contributed by atoms with E-state index in [9.17, 15) is 18.0 Å². The maximum Gasteiger partial charge on any atom is 0.411 e. The predicted octanol–water partition coefficient (Wildman–Crippen LogP) is 3.40. The van der Waals surface area contributed by atoms with Crippen LogP contribution < -0.4 is 4.74 Å². The second kappa shape index (κ2) is 7.98. The average molecular weight is 354 g/mol. The smallest absolute Gasteiger partial charge is 0.411 e. The molecule has 1 heterocycles. The number of nitrogens with zero attached hydrogens (tertiary/aromatic N) is 2. The number of ketones is 1. The van der Waals surface area contributed by atoms with E-state index in [4.69, 9.17) is 4.74 Å². The van der Waals surface area contributed by atoms with Gasteiger partial charge in [0, 0.05) is 18.8 Å². The average Bonchev–Trinajstić information content (AvgIpc) is 2.98. The zero-order valence-corrected chi connectivity index (χ0v) is 13.7. The van der Waals surface area contributed by atoms with E-state index in [-0.39, 0.29) is 12.4 Å². The molecule has 8 heteroatoms. The number of hydrogen-bond donors (Lipinski definition) is 0. The van der Waals surface area contributed by atoms with Gasteiger partial charge in [-0.25, -0.2) is 0 Å². The number of benzene rings is 1. The molecule has 0 spiro atoms. The van der Waals surface area contributed by atoms with Gasteiger partial charge in [-0.05, 0) is 23.8 Å². The first-order chi connectivity index (χ1) is 11.8. The van der Waals surface area contributed by atoms with Crippen molar-refractivity contribution >= 4 is 11.9 Å². The van der Waals surface area contributed by atoms with Crippen molar-refractivity contribution < 1.29 is 27.4 Å². The van der Waals surface area contributed by atoms with Crippen molar-refractivity contribution in [2.75, 3.05) is 13.7 Å². The fourth-order valence-corrected chi connectivity index (χ4v) is 2.11. The standard InChI is InChI=1S/C17H17F3N2O3/c1-22-9-14(8-21-22)15(23)5-3-12-4-6-16(24-2)13(7-12)10-25-11-17(18,19)20/h3-9H,10-11H2,1-2H3/b5-3+. The van der Waals surface area contributed by atoms with Crippen LogP contribution in [0.3, 0.4) is 0 Å². The highest BCUT2D eigenvalue weighted by Gasteiger charge is 2.27. The fourth-order valence-electron chi connectivity index (χ4n) is 2.11. The molecular weight excluding hydrogens is 337 g/mol. The van der Waals surface area contributed by atoms with Crippen LogP contribution in [-0.4, -0.2) is 35.5 Å². The molecule has 0 bridgehead atoms. The minimum absolute atomic E-state index is 0.223. The molecule has 2 rings (SSSR count). The van der Waals surface area contributed by atoms with Gasteiger partial charge < -0.3 is 9.47 Å². The second-order valence-electron chi connectivity index (χ2n) is 5.28. The van der Waals surface area contributed by atoms with Gasteiger partial charge in [-0.2, -0.15) is 18.3 Å². The Labute approximate surface area is 142 Å². The van der Waals surface area contributed by atoms with Crippen LogP contribution in [0.15, 0.2) is 36.7 Å². The molecule has 1 aromatic heterocycles. The van der Waals surface area contributed by atoms with Gasteiger partial charge in [-0.3, -0.25) is 9.48 Å². The Balaban J connectivity index is 2.09. The van der Waals surface area contributed by atoms with Gasteiger partial charge >= 0.3 is 6.18 Å². The van der Waals surface area contributed by atoms with E-state index in [1.807, 2.05) is 0 Å². The number of ether oxygens (including phenoxy) is 2. The number of allylic oxidation sites excluding steroid dienone is 1. The van der Waals surface area contributed by atoms with Crippen molar-refractivity contribution in [2.45, 2.75) is 12.8 Å². The maximum absolute atomic E-state index is 12.2. The van der Waals surface area contributed by atoms with Crippen molar-refractivity contribution in [3.63, 3.8) is 0 Å². The summed E-state index contributed by atoms with van der Waals surface area (Å²) >= 11 is 0. The van der Waals surface area contributed by atoms with Gasteiger partial charge in [-0.1, -0.05) is 12.1 Å². The molecule has 134 valence electrons. The topological polar surface area (TPSA) is 53.3 Å². The lowest BCUT2D eigenvalue weighted by molar-refractivity contribution is -0.176. The van der Waals surface area contributed by atoms with E-state index in [0.717, 1.165) is 0 Å². The quantitative estimate of drug-likeness (QED) is 0.565. The normalized spacial score (nSPS) is 11.9. The van der Waals surface area contributed by atoms with E-state index in [1.54, 1.807) is 37.5 Å². The molecule has 0 unspecified atom stereocenters. The molecule has 25 heavy (non-hydrogen) atoms. The van der Waals surface area contributed by atoms with Crippen molar-refractivity contribution in [1.82, 2.24) is 9.78 Å². The molecule has 0 radical (unpaired) electrons. The van der Waals surface area contributed by atoms with Gasteiger partial charge in [0.25, 0.3) is 0 Å². The number of aryl methyl sites for hydroxylation is 1. The SMILES string of the molecule is COc1ccc(/C=C/C(=O)c2cnn(C)c2)cc1COCC(F)(F)F. The van der Waals surface area contributed by atoms with Crippen LogP contribution in [0.1, 0.15) is 21.5 Å². The third kappa shape index (κ3) is 5.75. The Kier molecular flexibility index (Phi) is 5.97. The summed E-state index contributed by atoms with van der Waals surface area (Å²) in [7, 11) is 3.13. The van der Waals surface area contributed by atoms with Gasteiger partial charge in [0.1, 0.15) is 12.4 Å². The lowest BCUT2D eigenvalue weighted by Gasteiger charge is -2.11. The van der Waals surface area contributed by atoms with Gasteiger partial charge in [0.2, 0.25) is 0 Å². The number of methoxy groups -OCH3 is 1. The molecular formula is C17H17F3N2O3. The first-order valence-corrected chi connectivity index (χ1v) is 7.31. The van der Waals surface area contributed by atoms with Crippen LogP contribution in [0.4, 0.5) is 13.2 Å². The van der Waals surface area contributed by atoms with Crippen LogP contribution in [0.2, 0.25) is 0 Å². The monoisotopic (exact) mass is 354 g/mol. The Morgan fingerprint density at radius 1 is 1.36 bits per heavy atom. The number of aromatic nitrogens is 2. The third-order valence-corrected chi connectivity index (χ3v) is 3.24. The minimum Gasteiger partial charge on any atom is -0.496 e. The van der Waals surface area contributed by atoms with E-state index < -0.39 is 12.8 Å². The predicted molar refractivity (Wildman–Crippen MR) is 85.3 cm³/mol. The molecule has 0 atom stereocenters. The van der Waals surface area contributed by atoms with Gasteiger partial charge in [0.15, 0.2) is 5.78 Å². The molecule has 0 saturated heterocycles. The lowest BCUT2D eigenvalue weighted by Crippen LogP contribution is -2.16. The molecule has 0 amide bonds. The highest BCUT2D eigenvalue weighted by molar-refractivity contribution is 6.06. The summed E-state index contributed by atoms with van der Waals surface area (Å²) < 4.78 is 47.9. The number of rotatable bonds is 7. The Bertz CT molecular complexity index is 767. The number of carbonyl (C=O) groups excluding carboxylic acids is 1. The van der Waals surface area contributed by atoms with Crippen molar-refractivity contribution in [2.24, 2.45) is 7.05 Å². The highest BCUT2D eigenvalue weighted by Crippen LogP contribution is 2.23. The summed E-state index contributed by atoms with van der Waals surface area (Å²) in [6.45, 7) is -1.59. The molecule has 0 aliphatic carbocycles. The summed E-state index contributed by atoms with van der Waals surface area (Å²) in [6, 6.07) is 4.92. The van der Waals surface area contributed by atoms with E-state index in [2.05, 4.69) is 9.84 Å². The number of hydrogen-bond acceptors (Lipinski definition) is 4. The largest absolute Gasteiger partial charge is 0.496 e. The Hall–Kier alpha value is -2.61. The number of halogens is 3. The van der Waals surface area contributed by atoms with E-state index in [1.165, 1.54) is 24.1 Å². The summed E-state index contributed by atoms with van der Waals surface area (Å²) in [5.41, 5.74) is 1.55. The van der Waals surface area contributed by atoms with Gasteiger partial charge in [0.05, 0.1) is 25.5 Å². The molecule has 0 aliphatic heterocycles. The molecule has 1 aromatic carbocycles. The van der Waals surface area contributed by atoms with Crippen LogP contribution >= 0.6 is 0 Å². The Morgan fingerprint density at radius 3 is 2.72 bits per heavy atom. The fraction of sp³-hybridized carbons (Fsp3) is 0.294. The summed E-state index contributed by atoms with van der Waals surface area (Å²) in [4.78, 5) is 12.0. The summed E-state index contributed by atoms with van der Waals surface area (Å²) in [5.74, 6) is 0.191. The lowest BCUT2D eigenvalue weighted by atomic mass is 10.1. The highest BCUT2D eigenvalue weighted by atomic mass is 19.4. The molecule has 0 saturated carbocycles. The van der Waals surface area contributed by atoms with E-state index >= 15 is 0 Å². The van der Waals surface area contributed by atoms with Gasteiger partial charge in [-0.15, -0.1) is 0 Å². The van der Waals surface area contributed by atoms with Crippen molar-refractivity contribution in [1.29, 1.82) is 0 Å². The first kappa shape index (κ1) is 18.7. The Morgan fingerprint density at radius 2 is 2.12 bits per heavy atom. The molecule has 2 aromatic rings. The minimum atomic E-state index is -4.39. The number of carbonyl (C=O) groups is 1.